The zero-order valence-electron chi connectivity index (χ0n) is 14.6. The Morgan fingerprint density at radius 3 is 2.92 bits per heavy atom. The van der Waals surface area contributed by atoms with Gasteiger partial charge < -0.3 is 9.64 Å². The largest absolute Gasteiger partial charge is 0.377 e. The summed E-state index contributed by atoms with van der Waals surface area (Å²) in [6.45, 7) is 3.54. The van der Waals surface area contributed by atoms with E-state index in [0.29, 0.717) is 31.2 Å². The zero-order valence-corrected chi connectivity index (χ0v) is 15.4. The molecule has 0 unspecified atom stereocenters. The molecule has 7 nitrogen and oxygen atoms in total. The summed E-state index contributed by atoms with van der Waals surface area (Å²) in [4.78, 5) is 39.5. The minimum Gasteiger partial charge on any atom is -0.377 e. The number of thiophene rings is 1. The quantitative estimate of drug-likeness (QED) is 0.720. The molecule has 1 fully saturated rings. The highest BCUT2D eigenvalue weighted by atomic mass is 32.1. The van der Waals surface area contributed by atoms with Gasteiger partial charge in [-0.3, -0.25) is 14.4 Å². The fourth-order valence-electron chi connectivity index (χ4n) is 2.93. The van der Waals surface area contributed by atoms with Crippen LogP contribution in [0, 0.1) is 0 Å². The average molecular weight is 375 g/mol. The first-order chi connectivity index (χ1) is 12.6. The van der Waals surface area contributed by atoms with Crippen molar-refractivity contribution in [3.8, 4) is 0 Å². The number of aryl methyl sites for hydroxylation is 1. The summed E-state index contributed by atoms with van der Waals surface area (Å²) in [6.07, 6.45) is 0.959. The van der Waals surface area contributed by atoms with Gasteiger partial charge in [-0.2, -0.15) is 5.10 Å². The highest BCUT2D eigenvalue weighted by Gasteiger charge is 2.31. The number of hydrogen-bond donors (Lipinski definition) is 0. The van der Waals surface area contributed by atoms with Crippen molar-refractivity contribution < 1.29 is 14.3 Å². The summed E-state index contributed by atoms with van der Waals surface area (Å²) in [5.74, 6) is -0.278. The molecule has 1 amide bonds. The van der Waals surface area contributed by atoms with Gasteiger partial charge in [0.2, 0.25) is 0 Å². The molecule has 1 aliphatic rings. The number of hydrogen-bond acceptors (Lipinski definition) is 6. The molecule has 138 valence electrons. The molecule has 8 heteroatoms. The number of carbonyl (C=O) groups excluding carboxylic acids is 2. The normalized spacial score (nSPS) is 17.3. The van der Waals surface area contributed by atoms with Gasteiger partial charge in [-0.15, -0.1) is 11.3 Å². The molecular weight excluding hydrogens is 354 g/mol. The second-order valence-corrected chi connectivity index (χ2v) is 7.06. The van der Waals surface area contributed by atoms with Gasteiger partial charge in [-0.1, -0.05) is 13.0 Å². The van der Waals surface area contributed by atoms with Gasteiger partial charge in [0.05, 0.1) is 24.1 Å². The van der Waals surface area contributed by atoms with Gasteiger partial charge in [-0.25, -0.2) is 4.68 Å². The third kappa shape index (κ3) is 4.08. The lowest BCUT2D eigenvalue weighted by molar-refractivity contribution is -0.00320. The fourth-order valence-corrected chi connectivity index (χ4v) is 3.60. The molecule has 26 heavy (non-hydrogen) atoms. The zero-order chi connectivity index (χ0) is 18.5. The summed E-state index contributed by atoms with van der Waals surface area (Å²) in [6, 6.07) is 6.09. The number of rotatable bonds is 6. The summed E-state index contributed by atoms with van der Waals surface area (Å²) in [5.41, 5.74) is -0.0108. The predicted molar refractivity (Wildman–Crippen MR) is 97.7 cm³/mol. The van der Waals surface area contributed by atoms with Gasteiger partial charge in [0.1, 0.15) is 5.69 Å². The number of morpholine rings is 1. The Kier molecular flexibility index (Phi) is 5.95. The highest BCUT2D eigenvalue weighted by Crippen LogP contribution is 2.18. The van der Waals surface area contributed by atoms with Crippen LogP contribution in [0.25, 0.3) is 0 Å². The maximum absolute atomic E-state index is 12.9. The predicted octanol–water partition coefficient (Wildman–Crippen LogP) is 1.83. The lowest BCUT2D eigenvalue weighted by Crippen LogP contribution is -2.50. The minimum absolute atomic E-state index is 0.00258. The number of ketones is 1. The number of ether oxygens (including phenoxy) is 1. The third-order valence-corrected chi connectivity index (χ3v) is 5.14. The van der Waals surface area contributed by atoms with Crippen molar-refractivity contribution >= 4 is 23.0 Å². The number of aromatic nitrogens is 2. The monoisotopic (exact) mass is 375 g/mol. The van der Waals surface area contributed by atoms with Gasteiger partial charge in [0, 0.05) is 25.6 Å². The van der Waals surface area contributed by atoms with E-state index in [1.165, 1.54) is 28.2 Å². The molecule has 3 heterocycles. The molecule has 0 bridgehead atoms. The molecule has 0 radical (unpaired) electrons. The fraction of sp³-hybridized carbons (Fsp3) is 0.444. The first kappa shape index (κ1) is 18.5. The Morgan fingerprint density at radius 2 is 2.19 bits per heavy atom. The molecular formula is C18H21N3O4S. The first-order valence-corrected chi connectivity index (χ1v) is 9.51. The van der Waals surface area contributed by atoms with Crippen molar-refractivity contribution in [2.75, 3.05) is 19.8 Å². The molecule has 1 aliphatic heterocycles. The lowest BCUT2D eigenvalue weighted by Gasteiger charge is -2.35. The molecule has 3 rings (SSSR count). The summed E-state index contributed by atoms with van der Waals surface area (Å²) >= 11 is 1.39. The highest BCUT2D eigenvalue weighted by molar-refractivity contribution is 7.12. The van der Waals surface area contributed by atoms with E-state index < -0.39 is 0 Å². The Labute approximate surface area is 155 Å². The van der Waals surface area contributed by atoms with Crippen molar-refractivity contribution in [1.82, 2.24) is 14.7 Å². The smallest absolute Gasteiger partial charge is 0.274 e. The van der Waals surface area contributed by atoms with Crippen LogP contribution in [0.3, 0.4) is 0 Å². The average Bonchev–Trinajstić information content (AvgIpc) is 3.18. The Hall–Kier alpha value is -2.32. The van der Waals surface area contributed by atoms with Crippen molar-refractivity contribution in [2.45, 2.75) is 32.4 Å². The molecule has 1 atom stereocenters. The van der Waals surface area contributed by atoms with E-state index in [1.54, 1.807) is 11.0 Å². The summed E-state index contributed by atoms with van der Waals surface area (Å²) in [5, 5.41) is 6.05. The van der Waals surface area contributed by atoms with Gasteiger partial charge in [0.15, 0.2) is 5.78 Å². The van der Waals surface area contributed by atoms with E-state index in [0.717, 1.165) is 6.42 Å². The molecule has 0 N–H and O–H groups in total. The van der Waals surface area contributed by atoms with Crippen LogP contribution in [0.15, 0.2) is 34.4 Å². The topological polar surface area (TPSA) is 81.5 Å². The van der Waals surface area contributed by atoms with E-state index >= 15 is 0 Å². The maximum atomic E-state index is 12.9. The maximum Gasteiger partial charge on any atom is 0.274 e. The van der Waals surface area contributed by atoms with Gasteiger partial charge in [-0.05, 0) is 23.9 Å². The van der Waals surface area contributed by atoms with Gasteiger partial charge in [0.25, 0.3) is 11.5 Å². The van der Waals surface area contributed by atoms with Crippen molar-refractivity contribution in [3.63, 3.8) is 0 Å². The Balaban J connectivity index is 1.78. The molecule has 0 aromatic carbocycles. The lowest BCUT2D eigenvalue weighted by atomic mass is 10.1. The van der Waals surface area contributed by atoms with Crippen molar-refractivity contribution in [3.05, 3.63) is 50.6 Å². The Bertz CT molecular complexity index is 831. The van der Waals surface area contributed by atoms with E-state index in [2.05, 4.69) is 5.10 Å². The van der Waals surface area contributed by atoms with Crippen LogP contribution >= 0.6 is 11.3 Å². The van der Waals surface area contributed by atoms with Crippen molar-refractivity contribution in [2.24, 2.45) is 0 Å². The van der Waals surface area contributed by atoms with E-state index in [4.69, 9.17) is 4.74 Å². The van der Waals surface area contributed by atoms with Crippen LogP contribution in [0.4, 0.5) is 0 Å². The van der Waals surface area contributed by atoms with E-state index in [1.807, 2.05) is 18.4 Å². The molecule has 1 saturated heterocycles. The second kappa shape index (κ2) is 8.37. The van der Waals surface area contributed by atoms with Crippen molar-refractivity contribution in [1.29, 1.82) is 0 Å². The van der Waals surface area contributed by atoms with Crippen LogP contribution in [0.1, 0.15) is 39.9 Å². The summed E-state index contributed by atoms with van der Waals surface area (Å²) in [7, 11) is 0. The molecule has 2 aromatic rings. The summed E-state index contributed by atoms with van der Waals surface area (Å²) < 4.78 is 6.78. The number of amides is 1. The van der Waals surface area contributed by atoms with Crippen LogP contribution in [-0.2, 0) is 11.3 Å². The SMILES string of the molecule is CCCn1nc(C(=O)N2CCOC[C@@H]2CC(=O)c2cccs2)ccc1=O. The second-order valence-electron chi connectivity index (χ2n) is 6.11. The molecule has 2 aromatic heterocycles. The third-order valence-electron chi connectivity index (χ3n) is 4.23. The first-order valence-electron chi connectivity index (χ1n) is 8.63. The van der Waals surface area contributed by atoms with Crippen LogP contribution in [0.5, 0.6) is 0 Å². The molecule has 0 aliphatic carbocycles. The minimum atomic E-state index is -0.334. The number of nitrogens with zero attached hydrogens (tertiary/aromatic N) is 3. The standard InChI is InChI=1S/C18H21N3O4S/c1-2-7-21-17(23)6-5-14(19-21)18(24)20-8-9-25-12-13(20)11-15(22)16-4-3-10-26-16/h3-6,10,13H,2,7-9,11-12H2,1H3/t13-/m0/s1. The van der Waals surface area contributed by atoms with Crippen LogP contribution in [0.2, 0.25) is 0 Å². The Morgan fingerprint density at radius 1 is 1.35 bits per heavy atom. The van der Waals surface area contributed by atoms with Crippen LogP contribution < -0.4 is 5.56 Å². The molecule has 0 saturated carbocycles. The number of carbonyl (C=O) groups is 2. The van der Waals surface area contributed by atoms with E-state index in [9.17, 15) is 14.4 Å². The number of Topliss-reactive ketones (excluding diaryl/α,β-unsaturated/α-hetero) is 1. The van der Waals surface area contributed by atoms with Gasteiger partial charge >= 0.3 is 0 Å². The van der Waals surface area contributed by atoms with Crippen LogP contribution in [-0.4, -0.2) is 52.2 Å². The van der Waals surface area contributed by atoms with E-state index in [-0.39, 0.29) is 35.4 Å². The molecule has 0 spiro atoms.